The van der Waals surface area contributed by atoms with Crippen molar-refractivity contribution in [1.29, 1.82) is 0 Å². The summed E-state index contributed by atoms with van der Waals surface area (Å²) in [5.41, 5.74) is 3.56. The summed E-state index contributed by atoms with van der Waals surface area (Å²) in [6, 6.07) is 6.51. The lowest BCUT2D eigenvalue weighted by atomic mass is 9.74. The standard InChI is InChI=1S/C14H18ClN/c1-16-8-6-14(7-9-16)5-4-11-10-12(15)2-3-13(11)14/h2-3,10H,4-9H2,1H3. The molecule has 0 saturated carbocycles. The molecule has 1 aliphatic heterocycles. The maximum atomic E-state index is 6.07. The van der Waals surface area contributed by atoms with Gasteiger partial charge in [-0.1, -0.05) is 17.7 Å². The van der Waals surface area contributed by atoms with Gasteiger partial charge in [-0.2, -0.15) is 0 Å². The second-order valence-corrected chi connectivity index (χ2v) is 5.82. The Kier molecular flexibility index (Phi) is 2.49. The third kappa shape index (κ3) is 1.57. The molecule has 2 aliphatic rings. The van der Waals surface area contributed by atoms with E-state index >= 15 is 0 Å². The van der Waals surface area contributed by atoms with E-state index in [1.807, 2.05) is 0 Å². The Morgan fingerprint density at radius 2 is 1.94 bits per heavy atom. The summed E-state index contributed by atoms with van der Waals surface area (Å²) < 4.78 is 0. The predicted molar refractivity (Wildman–Crippen MR) is 68.2 cm³/mol. The van der Waals surface area contributed by atoms with Gasteiger partial charge in [-0.15, -0.1) is 0 Å². The summed E-state index contributed by atoms with van der Waals surface area (Å²) in [5, 5.41) is 0.892. The summed E-state index contributed by atoms with van der Waals surface area (Å²) in [5.74, 6) is 0. The summed E-state index contributed by atoms with van der Waals surface area (Å²) in [7, 11) is 2.23. The second kappa shape index (κ2) is 3.75. The Morgan fingerprint density at radius 3 is 2.69 bits per heavy atom. The third-order valence-corrected chi connectivity index (χ3v) is 4.69. The monoisotopic (exact) mass is 235 g/mol. The Bertz CT molecular complexity index is 405. The Balaban J connectivity index is 1.96. The number of piperidine rings is 1. The fourth-order valence-corrected chi connectivity index (χ4v) is 3.56. The summed E-state index contributed by atoms with van der Waals surface area (Å²) >= 11 is 6.07. The van der Waals surface area contributed by atoms with E-state index in [2.05, 4.69) is 30.1 Å². The molecule has 0 radical (unpaired) electrons. The molecule has 1 spiro atoms. The van der Waals surface area contributed by atoms with Crippen LogP contribution in [0.25, 0.3) is 0 Å². The molecule has 0 amide bonds. The molecule has 1 heterocycles. The van der Waals surface area contributed by atoms with Crippen LogP contribution in [-0.2, 0) is 11.8 Å². The maximum Gasteiger partial charge on any atom is 0.0408 e. The van der Waals surface area contributed by atoms with Crippen LogP contribution in [0.1, 0.15) is 30.4 Å². The molecule has 2 heteroatoms. The molecule has 0 unspecified atom stereocenters. The zero-order valence-electron chi connectivity index (χ0n) is 9.80. The van der Waals surface area contributed by atoms with Crippen LogP contribution in [0.2, 0.25) is 5.02 Å². The first-order chi connectivity index (χ1) is 7.70. The number of hydrogen-bond donors (Lipinski definition) is 0. The minimum atomic E-state index is 0.479. The quantitative estimate of drug-likeness (QED) is 0.667. The average molecular weight is 236 g/mol. The van der Waals surface area contributed by atoms with Crippen molar-refractivity contribution in [2.45, 2.75) is 31.1 Å². The van der Waals surface area contributed by atoms with Crippen LogP contribution in [0.4, 0.5) is 0 Å². The van der Waals surface area contributed by atoms with Crippen LogP contribution < -0.4 is 0 Å². The van der Waals surface area contributed by atoms with Gasteiger partial charge in [0.1, 0.15) is 0 Å². The van der Waals surface area contributed by atoms with Gasteiger partial charge >= 0.3 is 0 Å². The molecule has 16 heavy (non-hydrogen) atoms. The first-order valence-electron chi connectivity index (χ1n) is 6.17. The van der Waals surface area contributed by atoms with Crippen LogP contribution in [-0.4, -0.2) is 25.0 Å². The number of benzene rings is 1. The van der Waals surface area contributed by atoms with Crippen LogP contribution in [0, 0.1) is 0 Å². The molecule has 0 bridgehead atoms. The van der Waals surface area contributed by atoms with Crippen LogP contribution in [0.3, 0.4) is 0 Å². The van der Waals surface area contributed by atoms with Gasteiger partial charge < -0.3 is 4.90 Å². The van der Waals surface area contributed by atoms with E-state index < -0.39 is 0 Å². The van der Waals surface area contributed by atoms with Crippen molar-refractivity contribution in [2.75, 3.05) is 20.1 Å². The third-order valence-electron chi connectivity index (χ3n) is 4.46. The molecule has 0 aromatic heterocycles. The predicted octanol–water partition coefficient (Wildman–Crippen LogP) is 3.25. The van der Waals surface area contributed by atoms with Crippen LogP contribution in [0.5, 0.6) is 0 Å². The lowest BCUT2D eigenvalue weighted by Crippen LogP contribution is -2.39. The van der Waals surface area contributed by atoms with E-state index in [9.17, 15) is 0 Å². The fourth-order valence-electron chi connectivity index (χ4n) is 3.36. The van der Waals surface area contributed by atoms with Crippen LogP contribution in [0.15, 0.2) is 18.2 Å². The van der Waals surface area contributed by atoms with Gasteiger partial charge in [0.2, 0.25) is 0 Å². The molecule has 1 aromatic carbocycles. The van der Waals surface area contributed by atoms with Gasteiger partial charge in [-0.3, -0.25) is 0 Å². The maximum absolute atomic E-state index is 6.07. The van der Waals surface area contributed by atoms with Crippen molar-refractivity contribution >= 4 is 11.6 Å². The number of rotatable bonds is 0. The van der Waals surface area contributed by atoms with Gasteiger partial charge in [0.05, 0.1) is 0 Å². The summed E-state index contributed by atoms with van der Waals surface area (Å²) in [6.45, 7) is 2.48. The fraction of sp³-hybridized carbons (Fsp3) is 0.571. The number of fused-ring (bicyclic) bond motifs is 2. The molecule has 1 fully saturated rings. The topological polar surface area (TPSA) is 3.24 Å². The Labute approximate surface area is 102 Å². The molecule has 86 valence electrons. The largest absolute Gasteiger partial charge is 0.306 e. The van der Waals surface area contributed by atoms with Crippen molar-refractivity contribution < 1.29 is 0 Å². The van der Waals surface area contributed by atoms with Crippen molar-refractivity contribution in [2.24, 2.45) is 0 Å². The Morgan fingerprint density at radius 1 is 1.19 bits per heavy atom. The van der Waals surface area contributed by atoms with Crippen molar-refractivity contribution in [3.63, 3.8) is 0 Å². The number of aryl methyl sites for hydroxylation is 1. The first kappa shape index (κ1) is 10.6. The average Bonchev–Trinajstić information content (AvgIpc) is 2.62. The summed E-state index contributed by atoms with van der Waals surface area (Å²) in [4.78, 5) is 2.44. The van der Waals surface area contributed by atoms with E-state index in [-0.39, 0.29) is 0 Å². The number of nitrogens with zero attached hydrogens (tertiary/aromatic N) is 1. The van der Waals surface area contributed by atoms with Crippen molar-refractivity contribution in [1.82, 2.24) is 4.90 Å². The van der Waals surface area contributed by atoms with Gasteiger partial charge in [-0.05, 0) is 74.5 Å². The lowest BCUT2D eigenvalue weighted by molar-refractivity contribution is 0.187. The highest BCUT2D eigenvalue weighted by Crippen LogP contribution is 2.46. The van der Waals surface area contributed by atoms with Crippen molar-refractivity contribution in [3.05, 3.63) is 34.3 Å². The van der Waals surface area contributed by atoms with E-state index in [1.54, 1.807) is 5.56 Å². The highest BCUT2D eigenvalue weighted by atomic mass is 35.5. The molecule has 3 rings (SSSR count). The highest BCUT2D eigenvalue weighted by Gasteiger charge is 2.40. The molecule has 0 atom stereocenters. The minimum absolute atomic E-state index is 0.479. The van der Waals surface area contributed by atoms with Crippen LogP contribution >= 0.6 is 11.6 Å². The van der Waals surface area contributed by atoms with E-state index in [1.165, 1.54) is 44.3 Å². The zero-order chi connectivity index (χ0) is 11.2. The molecule has 1 aliphatic carbocycles. The number of likely N-dealkylation sites (tertiary alicyclic amines) is 1. The van der Waals surface area contributed by atoms with E-state index in [0.29, 0.717) is 5.41 Å². The second-order valence-electron chi connectivity index (χ2n) is 5.39. The highest BCUT2D eigenvalue weighted by molar-refractivity contribution is 6.30. The molecule has 1 saturated heterocycles. The SMILES string of the molecule is CN1CCC2(CCc3cc(Cl)ccc32)CC1. The molecule has 1 aromatic rings. The zero-order valence-corrected chi connectivity index (χ0v) is 10.6. The van der Waals surface area contributed by atoms with Gasteiger partial charge in [0.25, 0.3) is 0 Å². The normalized spacial score (nSPS) is 23.6. The van der Waals surface area contributed by atoms with Gasteiger partial charge in [-0.25, -0.2) is 0 Å². The van der Waals surface area contributed by atoms with E-state index in [4.69, 9.17) is 11.6 Å². The van der Waals surface area contributed by atoms with Gasteiger partial charge in [0, 0.05) is 5.02 Å². The molecule has 0 N–H and O–H groups in total. The molecular weight excluding hydrogens is 218 g/mol. The van der Waals surface area contributed by atoms with E-state index in [0.717, 1.165) is 5.02 Å². The lowest BCUT2D eigenvalue weighted by Gasteiger charge is -2.38. The number of hydrogen-bond acceptors (Lipinski definition) is 1. The summed E-state index contributed by atoms with van der Waals surface area (Å²) in [6.07, 6.45) is 5.19. The number of halogens is 1. The minimum Gasteiger partial charge on any atom is -0.306 e. The molecule has 1 nitrogen and oxygen atoms in total. The van der Waals surface area contributed by atoms with Gasteiger partial charge in [0.15, 0.2) is 0 Å². The Hall–Kier alpha value is -0.530. The first-order valence-corrected chi connectivity index (χ1v) is 6.55. The smallest absolute Gasteiger partial charge is 0.0408 e. The van der Waals surface area contributed by atoms with Crippen molar-refractivity contribution in [3.8, 4) is 0 Å². The molecular formula is C14H18ClN.